The lowest BCUT2D eigenvalue weighted by molar-refractivity contribution is 0.248. The summed E-state index contributed by atoms with van der Waals surface area (Å²) in [5.74, 6) is -0.378. The average Bonchev–Trinajstić information content (AvgIpc) is 2.87. The van der Waals surface area contributed by atoms with Gasteiger partial charge in [-0.15, -0.1) is 24.8 Å². The van der Waals surface area contributed by atoms with E-state index in [0.717, 1.165) is 26.2 Å². The van der Waals surface area contributed by atoms with Crippen molar-refractivity contribution in [3.05, 3.63) is 53.8 Å². The molecule has 0 amide bonds. The number of fused-ring (bicyclic) bond motifs is 1. The van der Waals surface area contributed by atoms with Crippen LogP contribution < -0.4 is 13.9 Å². The molecule has 2 aromatic rings. The Morgan fingerprint density at radius 3 is 2.28 bits per heavy atom. The lowest BCUT2D eigenvalue weighted by Gasteiger charge is -2.29. The lowest BCUT2D eigenvalue weighted by Crippen LogP contribution is -2.47. The topological polar surface area (TPSA) is 55.9 Å². The SMILES string of the molecule is Cc1cc(F)ccc1N1c2ccccc2N(CCN2CCNCC2)S1(=O)=O.Cl.Cl. The number of aryl methyl sites for hydroxylation is 1. The highest BCUT2D eigenvalue weighted by atomic mass is 35.5. The summed E-state index contributed by atoms with van der Waals surface area (Å²) >= 11 is 0. The fraction of sp³-hybridized carbons (Fsp3) is 0.368. The highest BCUT2D eigenvalue weighted by Gasteiger charge is 2.41. The molecule has 1 saturated heterocycles. The summed E-state index contributed by atoms with van der Waals surface area (Å²) in [7, 11) is -3.77. The number of hydrogen-bond acceptors (Lipinski definition) is 4. The van der Waals surface area contributed by atoms with Crippen LogP contribution in [0.4, 0.5) is 21.5 Å². The number of piperazine rings is 1. The van der Waals surface area contributed by atoms with Crippen molar-refractivity contribution in [2.24, 2.45) is 0 Å². The molecule has 2 aromatic carbocycles. The second-order valence-electron chi connectivity index (χ2n) is 6.86. The van der Waals surface area contributed by atoms with Crippen molar-refractivity contribution in [1.29, 1.82) is 0 Å². The van der Waals surface area contributed by atoms with Crippen LogP contribution in [0.1, 0.15) is 5.56 Å². The van der Waals surface area contributed by atoms with Crippen LogP contribution in [0.3, 0.4) is 0 Å². The molecule has 0 radical (unpaired) electrons. The van der Waals surface area contributed by atoms with Gasteiger partial charge in [0.05, 0.1) is 17.1 Å². The number of nitrogens with zero attached hydrogens (tertiary/aromatic N) is 3. The van der Waals surface area contributed by atoms with Gasteiger partial charge in [-0.2, -0.15) is 8.42 Å². The number of halogens is 3. The van der Waals surface area contributed by atoms with Gasteiger partial charge in [0.1, 0.15) is 5.82 Å². The fourth-order valence-electron chi connectivity index (χ4n) is 3.70. The fourth-order valence-corrected chi connectivity index (χ4v) is 5.47. The van der Waals surface area contributed by atoms with Gasteiger partial charge in [0, 0.05) is 39.3 Å². The molecule has 1 fully saturated rings. The molecular weight excluding hydrogens is 438 g/mol. The summed E-state index contributed by atoms with van der Waals surface area (Å²) in [6.07, 6.45) is 0. The van der Waals surface area contributed by atoms with E-state index >= 15 is 0 Å². The van der Waals surface area contributed by atoms with Crippen LogP contribution in [0, 0.1) is 12.7 Å². The van der Waals surface area contributed by atoms with Crippen LogP contribution in [-0.4, -0.2) is 52.6 Å². The molecule has 2 aliphatic rings. The number of nitrogens with one attached hydrogen (secondary N) is 1. The van der Waals surface area contributed by atoms with Crippen molar-refractivity contribution in [2.45, 2.75) is 6.92 Å². The van der Waals surface area contributed by atoms with Gasteiger partial charge in [-0.1, -0.05) is 12.1 Å². The first kappa shape index (κ1) is 23.7. The van der Waals surface area contributed by atoms with Crippen LogP contribution >= 0.6 is 24.8 Å². The number of benzene rings is 2. The molecule has 0 atom stereocenters. The van der Waals surface area contributed by atoms with Crippen molar-refractivity contribution >= 4 is 52.1 Å². The first-order chi connectivity index (χ1) is 13.0. The summed E-state index contributed by atoms with van der Waals surface area (Å²) in [6.45, 7) is 6.45. The van der Waals surface area contributed by atoms with Gasteiger partial charge in [-0.25, -0.2) is 13.0 Å². The molecule has 0 spiro atoms. The molecule has 0 bridgehead atoms. The summed E-state index contributed by atoms with van der Waals surface area (Å²) < 4.78 is 43.1. The summed E-state index contributed by atoms with van der Waals surface area (Å²) in [4.78, 5) is 2.26. The molecule has 2 heterocycles. The molecular formula is C19H25Cl2FN4O2S. The Morgan fingerprint density at radius 1 is 0.966 bits per heavy atom. The van der Waals surface area contributed by atoms with Gasteiger partial charge in [0.25, 0.3) is 0 Å². The normalized spacial score (nSPS) is 18.0. The summed E-state index contributed by atoms with van der Waals surface area (Å²) in [6, 6.07) is 11.5. The first-order valence-electron chi connectivity index (χ1n) is 9.10. The zero-order valence-electron chi connectivity index (χ0n) is 16.0. The van der Waals surface area contributed by atoms with Crippen LogP contribution in [0.25, 0.3) is 0 Å². The molecule has 160 valence electrons. The highest BCUT2D eigenvalue weighted by molar-refractivity contribution is 7.95. The maximum absolute atomic E-state index is 13.5. The summed E-state index contributed by atoms with van der Waals surface area (Å²) in [5.41, 5.74) is 2.33. The third-order valence-corrected chi connectivity index (χ3v) is 6.88. The molecule has 0 aromatic heterocycles. The van der Waals surface area contributed by atoms with E-state index in [-0.39, 0.29) is 30.6 Å². The monoisotopic (exact) mass is 462 g/mol. The van der Waals surface area contributed by atoms with Gasteiger partial charge >= 0.3 is 10.2 Å². The molecule has 6 nitrogen and oxygen atoms in total. The van der Waals surface area contributed by atoms with E-state index in [4.69, 9.17) is 0 Å². The van der Waals surface area contributed by atoms with E-state index in [1.54, 1.807) is 13.0 Å². The van der Waals surface area contributed by atoms with Gasteiger partial charge in [-0.05, 0) is 42.8 Å². The second-order valence-corrected chi connectivity index (χ2v) is 8.56. The zero-order chi connectivity index (χ0) is 19.0. The van der Waals surface area contributed by atoms with E-state index in [0.29, 0.717) is 35.7 Å². The number of anilines is 3. The molecule has 0 unspecified atom stereocenters. The molecule has 1 N–H and O–H groups in total. The number of para-hydroxylation sites is 2. The Kier molecular flexibility index (Phi) is 7.75. The second kappa shape index (κ2) is 9.49. The maximum Gasteiger partial charge on any atom is 0.331 e. The molecule has 2 aliphatic heterocycles. The predicted octanol–water partition coefficient (Wildman–Crippen LogP) is 3.09. The van der Waals surface area contributed by atoms with Crippen LogP contribution in [0.2, 0.25) is 0 Å². The van der Waals surface area contributed by atoms with Crippen LogP contribution in [0.15, 0.2) is 42.5 Å². The maximum atomic E-state index is 13.5. The highest BCUT2D eigenvalue weighted by Crippen LogP contribution is 2.45. The minimum Gasteiger partial charge on any atom is -0.314 e. The zero-order valence-corrected chi connectivity index (χ0v) is 18.5. The molecule has 29 heavy (non-hydrogen) atoms. The van der Waals surface area contributed by atoms with Gasteiger partial charge in [0.2, 0.25) is 0 Å². The Bertz CT molecular complexity index is 955. The van der Waals surface area contributed by atoms with Crippen molar-refractivity contribution in [3.8, 4) is 0 Å². The van der Waals surface area contributed by atoms with Crippen molar-refractivity contribution in [2.75, 3.05) is 47.9 Å². The molecule has 0 saturated carbocycles. The minimum atomic E-state index is -3.77. The quantitative estimate of drug-likeness (QED) is 0.758. The Morgan fingerprint density at radius 2 is 1.62 bits per heavy atom. The van der Waals surface area contributed by atoms with E-state index < -0.39 is 10.2 Å². The summed E-state index contributed by atoms with van der Waals surface area (Å²) in [5, 5.41) is 3.30. The predicted molar refractivity (Wildman–Crippen MR) is 120 cm³/mol. The molecule has 10 heteroatoms. The number of rotatable bonds is 4. The smallest absolute Gasteiger partial charge is 0.314 e. The van der Waals surface area contributed by atoms with Crippen LogP contribution in [0.5, 0.6) is 0 Å². The average molecular weight is 463 g/mol. The van der Waals surface area contributed by atoms with E-state index in [1.165, 1.54) is 26.8 Å². The van der Waals surface area contributed by atoms with Crippen molar-refractivity contribution in [1.82, 2.24) is 10.2 Å². The molecule has 4 rings (SSSR count). The third-order valence-electron chi connectivity index (χ3n) is 5.09. The standard InChI is InChI=1S/C19H23FN4O2S.2ClH/c1-15-14-16(20)6-7-17(15)24-19-5-3-2-4-18(19)23(27(24,25)26)13-12-22-10-8-21-9-11-22;;/h2-7,14,21H,8-13H2,1H3;2*1H. The van der Waals surface area contributed by atoms with Gasteiger partial charge in [0.15, 0.2) is 0 Å². The lowest BCUT2D eigenvalue weighted by atomic mass is 10.1. The molecule has 0 aliphatic carbocycles. The Hall–Kier alpha value is -1.58. The third kappa shape index (κ3) is 4.46. The van der Waals surface area contributed by atoms with Crippen molar-refractivity contribution < 1.29 is 12.8 Å². The van der Waals surface area contributed by atoms with E-state index in [2.05, 4.69) is 10.2 Å². The Balaban J connectivity index is 0.00000150. The van der Waals surface area contributed by atoms with Gasteiger partial charge < -0.3 is 5.32 Å². The number of hydrogen-bond donors (Lipinski definition) is 1. The van der Waals surface area contributed by atoms with Crippen molar-refractivity contribution in [3.63, 3.8) is 0 Å². The largest absolute Gasteiger partial charge is 0.331 e. The first-order valence-corrected chi connectivity index (χ1v) is 10.5. The van der Waals surface area contributed by atoms with Crippen LogP contribution in [-0.2, 0) is 10.2 Å². The minimum absolute atomic E-state index is 0. The Labute approximate surface area is 183 Å². The van der Waals surface area contributed by atoms with E-state index in [1.807, 2.05) is 18.2 Å². The van der Waals surface area contributed by atoms with E-state index in [9.17, 15) is 12.8 Å². The van der Waals surface area contributed by atoms with Gasteiger partial charge in [-0.3, -0.25) is 4.90 Å².